The van der Waals surface area contributed by atoms with Gasteiger partial charge in [0.05, 0.1) is 5.56 Å². The van der Waals surface area contributed by atoms with Crippen LogP contribution in [0.3, 0.4) is 0 Å². The molecule has 1 aromatic rings. The first-order chi connectivity index (χ1) is 7.38. The van der Waals surface area contributed by atoms with Gasteiger partial charge in [0.25, 0.3) is 0 Å². The van der Waals surface area contributed by atoms with Crippen LogP contribution in [0, 0.1) is 5.82 Å². The molecule has 0 radical (unpaired) electrons. The summed E-state index contributed by atoms with van der Waals surface area (Å²) in [4.78, 5) is 0. The second-order valence-electron chi connectivity index (χ2n) is 3.34. The van der Waals surface area contributed by atoms with Crippen LogP contribution >= 0.6 is 12.4 Å². The number of hydrogen-bond donors (Lipinski definition) is 1. The lowest BCUT2D eigenvalue weighted by Crippen LogP contribution is -2.15. The molecular formula is C11H12ClF4N. The Bertz CT molecular complexity index is 390. The van der Waals surface area contributed by atoms with Gasteiger partial charge in [-0.05, 0) is 12.5 Å². The van der Waals surface area contributed by atoms with Gasteiger partial charge in [-0.2, -0.15) is 13.2 Å². The van der Waals surface area contributed by atoms with Gasteiger partial charge >= 0.3 is 6.18 Å². The van der Waals surface area contributed by atoms with Crippen molar-refractivity contribution in [1.82, 2.24) is 0 Å². The van der Waals surface area contributed by atoms with Crippen LogP contribution in [0.2, 0.25) is 0 Å². The fourth-order valence-corrected chi connectivity index (χ4v) is 1.36. The standard InChI is InChI=1S/C11H11F4N.ClH/c1-2-4-9(16)7-5-3-6-8(10(7)12)11(13,14)15;/h2-3,5-6,9H,1,4,16H2;1H/t9-;/m1./s1. The fourth-order valence-electron chi connectivity index (χ4n) is 1.36. The Balaban J connectivity index is 0.00000256. The van der Waals surface area contributed by atoms with Crippen LogP contribution in [-0.2, 0) is 6.18 Å². The molecule has 0 saturated carbocycles. The fraction of sp³-hybridized carbons (Fsp3) is 0.273. The minimum atomic E-state index is -4.70. The SMILES string of the molecule is C=CC[C@@H](N)c1cccc(C(F)(F)F)c1F.Cl. The van der Waals surface area contributed by atoms with Crippen molar-refractivity contribution >= 4 is 12.4 Å². The molecule has 1 atom stereocenters. The molecule has 2 N–H and O–H groups in total. The highest BCUT2D eigenvalue weighted by molar-refractivity contribution is 5.85. The average Bonchev–Trinajstić information content (AvgIpc) is 2.16. The van der Waals surface area contributed by atoms with Gasteiger partial charge in [0.2, 0.25) is 0 Å². The molecule has 0 saturated heterocycles. The van der Waals surface area contributed by atoms with Gasteiger partial charge in [-0.1, -0.05) is 18.2 Å². The topological polar surface area (TPSA) is 26.0 Å². The van der Waals surface area contributed by atoms with E-state index in [-0.39, 0.29) is 24.4 Å². The summed E-state index contributed by atoms with van der Waals surface area (Å²) in [5.41, 5.74) is 4.11. The Morgan fingerprint density at radius 3 is 2.41 bits per heavy atom. The molecule has 0 heterocycles. The Morgan fingerprint density at radius 1 is 1.35 bits per heavy atom. The third kappa shape index (κ3) is 3.71. The lowest BCUT2D eigenvalue weighted by Gasteiger charge is -2.14. The second-order valence-corrected chi connectivity index (χ2v) is 3.34. The zero-order valence-corrected chi connectivity index (χ0v) is 9.61. The van der Waals surface area contributed by atoms with E-state index >= 15 is 0 Å². The molecule has 0 spiro atoms. The zero-order chi connectivity index (χ0) is 12.3. The van der Waals surface area contributed by atoms with Crippen molar-refractivity contribution in [2.45, 2.75) is 18.6 Å². The highest BCUT2D eigenvalue weighted by atomic mass is 35.5. The summed E-state index contributed by atoms with van der Waals surface area (Å²) in [5.74, 6) is -1.30. The van der Waals surface area contributed by atoms with Crippen LogP contribution in [0.1, 0.15) is 23.6 Å². The summed E-state index contributed by atoms with van der Waals surface area (Å²) in [6.07, 6.45) is -3.05. The maximum Gasteiger partial charge on any atom is 0.419 e. The molecule has 0 aliphatic rings. The molecule has 1 aromatic carbocycles. The molecule has 0 unspecified atom stereocenters. The number of nitrogens with two attached hydrogens (primary N) is 1. The molecule has 1 rings (SSSR count). The predicted molar refractivity (Wildman–Crippen MR) is 60.4 cm³/mol. The second kappa shape index (κ2) is 6.02. The van der Waals surface area contributed by atoms with Crippen molar-refractivity contribution in [3.8, 4) is 0 Å². The van der Waals surface area contributed by atoms with Crippen molar-refractivity contribution in [2.75, 3.05) is 0 Å². The first kappa shape index (κ1) is 15.9. The van der Waals surface area contributed by atoms with E-state index in [0.29, 0.717) is 6.07 Å². The van der Waals surface area contributed by atoms with Crippen LogP contribution in [0.4, 0.5) is 17.6 Å². The van der Waals surface area contributed by atoms with E-state index in [4.69, 9.17) is 5.73 Å². The minimum Gasteiger partial charge on any atom is -0.324 e. The van der Waals surface area contributed by atoms with E-state index in [1.807, 2.05) is 0 Å². The normalized spacial score (nSPS) is 12.8. The third-order valence-corrected chi connectivity index (χ3v) is 2.15. The Hall–Kier alpha value is -1.07. The predicted octanol–water partition coefficient (Wildman–Crippen LogP) is 3.84. The zero-order valence-electron chi connectivity index (χ0n) is 8.80. The van der Waals surface area contributed by atoms with Crippen molar-refractivity contribution < 1.29 is 17.6 Å². The van der Waals surface area contributed by atoms with Gasteiger partial charge in [0.15, 0.2) is 0 Å². The summed E-state index contributed by atoms with van der Waals surface area (Å²) in [5, 5.41) is 0. The van der Waals surface area contributed by atoms with Gasteiger partial charge < -0.3 is 5.73 Å². The molecule has 0 amide bonds. The molecule has 0 aliphatic carbocycles. The molecule has 96 valence electrons. The van der Waals surface area contributed by atoms with Gasteiger partial charge in [-0.15, -0.1) is 19.0 Å². The van der Waals surface area contributed by atoms with Crippen molar-refractivity contribution in [2.24, 2.45) is 5.73 Å². The smallest absolute Gasteiger partial charge is 0.324 e. The number of alkyl halides is 3. The first-order valence-electron chi connectivity index (χ1n) is 4.60. The number of hydrogen-bond acceptors (Lipinski definition) is 1. The summed E-state index contributed by atoms with van der Waals surface area (Å²) in [7, 11) is 0. The van der Waals surface area contributed by atoms with Gasteiger partial charge in [0.1, 0.15) is 5.82 Å². The van der Waals surface area contributed by atoms with Crippen molar-refractivity contribution in [3.63, 3.8) is 0 Å². The third-order valence-electron chi connectivity index (χ3n) is 2.15. The van der Waals surface area contributed by atoms with Crippen LogP contribution < -0.4 is 5.73 Å². The molecule has 0 aliphatic heterocycles. The van der Waals surface area contributed by atoms with E-state index < -0.39 is 23.6 Å². The van der Waals surface area contributed by atoms with E-state index in [9.17, 15) is 17.6 Å². The summed E-state index contributed by atoms with van der Waals surface area (Å²) >= 11 is 0. The van der Waals surface area contributed by atoms with Crippen LogP contribution in [0.5, 0.6) is 0 Å². The Labute approximate surface area is 103 Å². The maximum atomic E-state index is 13.5. The highest BCUT2D eigenvalue weighted by Gasteiger charge is 2.35. The van der Waals surface area contributed by atoms with Gasteiger partial charge in [-0.3, -0.25) is 0 Å². The van der Waals surface area contributed by atoms with Crippen LogP contribution in [0.15, 0.2) is 30.9 Å². The largest absolute Gasteiger partial charge is 0.419 e. The molecule has 0 bridgehead atoms. The number of rotatable bonds is 3. The van der Waals surface area contributed by atoms with Crippen molar-refractivity contribution in [3.05, 3.63) is 47.8 Å². The van der Waals surface area contributed by atoms with Crippen LogP contribution in [0.25, 0.3) is 0 Å². The van der Waals surface area contributed by atoms with Gasteiger partial charge in [0, 0.05) is 11.6 Å². The molecule has 1 nitrogen and oxygen atoms in total. The van der Waals surface area contributed by atoms with Crippen molar-refractivity contribution in [1.29, 1.82) is 0 Å². The lowest BCUT2D eigenvalue weighted by atomic mass is 10.0. The first-order valence-corrected chi connectivity index (χ1v) is 4.60. The van der Waals surface area contributed by atoms with Crippen LogP contribution in [-0.4, -0.2) is 0 Å². The average molecular weight is 270 g/mol. The molecular weight excluding hydrogens is 258 g/mol. The molecule has 17 heavy (non-hydrogen) atoms. The minimum absolute atomic E-state index is 0. The summed E-state index contributed by atoms with van der Waals surface area (Å²) < 4.78 is 50.6. The highest BCUT2D eigenvalue weighted by Crippen LogP contribution is 2.33. The Morgan fingerprint density at radius 2 is 1.94 bits per heavy atom. The molecule has 0 fully saturated rings. The van der Waals surface area contributed by atoms with Gasteiger partial charge in [-0.25, -0.2) is 4.39 Å². The van der Waals surface area contributed by atoms with E-state index in [2.05, 4.69) is 6.58 Å². The quantitative estimate of drug-likeness (QED) is 0.655. The summed E-state index contributed by atoms with van der Waals surface area (Å²) in [6.45, 7) is 3.40. The lowest BCUT2D eigenvalue weighted by molar-refractivity contribution is -0.140. The van der Waals surface area contributed by atoms with E-state index in [1.54, 1.807) is 0 Å². The van der Waals surface area contributed by atoms with E-state index in [1.165, 1.54) is 12.1 Å². The molecule has 0 aromatic heterocycles. The Kier molecular flexibility index (Phi) is 5.64. The molecule has 6 heteroatoms. The number of benzene rings is 1. The maximum absolute atomic E-state index is 13.5. The monoisotopic (exact) mass is 269 g/mol. The number of halogens is 5. The van der Waals surface area contributed by atoms with E-state index in [0.717, 1.165) is 6.07 Å². The summed E-state index contributed by atoms with van der Waals surface area (Å²) in [6, 6.07) is 2.28.